The number of hydrogen-bond donors (Lipinski definition) is 3. The van der Waals surface area contributed by atoms with Gasteiger partial charge in [0.1, 0.15) is 16.8 Å². The number of methoxy groups -OCH3 is 1. The molecular weight excluding hydrogens is 520 g/mol. The van der Waals surface area contributed by atoms with Gasteiger partial charge in [0.05, 0.1) is 19.9 Å². The predicted octanol–water partition coefficient (Wildman–Crippen LogP) is 2.87. The fraction of sp³-hybridized carbons (Fsp3) is 0.600. The molecule has 4 heterocycles. The van der Waals surface area contributed by atoms with Crippen LogP contribution in [0.3, 0.4) is 0 Å². The van der Waals surface area contributed by atoms with E-state index in [1.165, 1.54) is 5.56 Å². The van der Waals surface area contributed by atoms with Crippen molar-refractivity contribution in [2.45, 2.75) is 65.1 Å². The second-order valence-electron chi connectivity index (χ2n) is 12.6. The number of ether oxygens (including phenoxy) is 1. The Morgan fingerprint density at radius 1 is 1.17 bits per heavy atom. The molecule has 0 unspecified atom stereocenters. The van der Waals surface area contributed by atoms with Crippen LogP contribution in [0.25, 0.3) is 11.0 Å². The maximum absolute atomic E-state index is 12.6. The highest BCUT2D eigenvalue weighted by atomic mass is 16.5. The first kappa shape index (κ1) is 27.7. The van der Waals surface area contributed by atoms with E-state index in [0.717, 1.165) is 75.2 Å². The molecule has 2 aromatic heterocycles. The first-order chi connectivity index (χ1) is 19.7. The minimum absolute atomic E-state index is 0.0678. The van der Waals surface area contributed by atoms with Crippen molar-refractivity contribution in [1.29, 1.82) is 0 Å². The number of benzene rings is 1. The van der Waals surface area contributed by atoms with Gasteiger partial charge in [-0.15, -0.1) is 0 Å². The van der Waals surface area contributed by atoms with Gasteiger partial charge in [0, 0.05) is 61.8 Å². The number of aromatic nitrogens is 4. The summed E-state index contributed by atoms with van der Waals surface area (Å²) in [5.41, 5.74) is 9.88. The highest BCUT2D eigenvalue weighted by Crippen LogP contribution is 2.50. The first-order valence-corrected chi connectivity index (χ1v) is 14.8. The third-order valence-electron chi connectivity index (χ3n) is 9.01. The van der Waals surface area contributed by atoms with Crippen molar-refractivity contribution in [2.24, 2.45) is 10.8 Å². The molecule has 11 heteroatoms. The highest BCUT2D eigenvalue weighted by molar-refractivity contribution is 5.87. The van der Waals surface area contributed by atoms with Gasteiger partial charge in [-0.1, -0.05) is 32.4 Å². The maximum Gasteiger partial charge on any atom is 0.228 e. The molecule has 220 valence electrons. The Kier molecular flexibility index (Phi) is 7.27. The topological polar surface area (TPSA) is 135 Å². The van der Waals surface area contributed by atoms with Gasteiger partial charge in [-0.05, 0) is 37.3 Å². The van der Waals surface area contributed by atoms with Crippen molar-refractivity contribution in [3.63, 3.8) is 0 Å². The second kappa shape index (κ2) is 10.8. The number of fused-ring (bicyclic) bond motifs is 1. The number of rotatable bonds is 12. The van der Waals surface area contributed by atoms with Crippen molar-refractivity contribution < 1.29 is 14.6 Å². The number of carbonyl (C=O) groups is 1. The lowest BCUT2D eigenvalue weighted by Crippen LogP contribution is -2.73. The number of amides is 1. The smallest absolute Gasteiger partial charge is 0.228 e. The number of nitrogen functional groups attached to an aromatic ring is 1. The molecule has 0 bridgehead atoms. The summed E-state index contributed by atoms with van der Waals surface area (Å²) in [6, 6.07) is 6.45. The zero-order valence-electron chi connectivity index (χ0n) is 24.4. The molecule has 1 atom stereocenters. The number of nitrogens with zero attached hydrogens (tertiary/aromatic N) is 6. The van der Waals surface area contributed by atoms with E-state index in [0.29, 0.717) is 30.2 Å². The summed E-state index contributed by atoms with van der Waals surface area (Å²) < 4.78 is 7.69. The van der Waals surface area contributed by atoms with Crippen LogP contribution in [0.4, 0.5) is 11.8 Å². The van der Waals surface area contributed by atoms with Gasteiger partial charge < -0.3 is 25.8 Å². The number of likely N-dealkylation sites (tertiary alicyclic amines) is 2. The summed E-state index contributed by atoms with van der Waals surface area (Å²) in [5, 5.41) is 17.6. The van der Waals surface area contributed by atoms with Crippen molar-refractivity contribution in [3.05, 3.63) is 35.5 Å². The van der Waals surface area contributed by atoms with Crippen molar-refractivity contribution in [3.8, 4) is 5.75 Å². The summed E-state index contributed by atoms with van der Waals surface area (Å²) in [6.45, 7) is 9.54. The molecule has 11 nitrogen and oxygen atoms in total. The molecule has 1 spiro atoms. The van der Waals surface area contributed by atoms with Gasteiger partial charge in [0.2, 0.25) is 11.9 Å². The van der Waals surface area contributed by atoms with E-state index in [1.54, 1.807) is 13.3 Å². The number of carbonyl (C=O) groups excluding carboxylic acids is 1. The fourth-order valence-electron chi connectivity index (χ4n) is 6.57. The van der Waals surface area contributed by atoms with Gasteiger partial charge in [0.15, 0.2) is 5.82 Å². The minimum atomic E-state index is -0.0678. The Bertz CT molecular complexity index is 1410. The highest BCUT2D eigenvalue weighted by Gasteiger charge is 2.57. The molecule has 1 aromatic carbocycles. The zero-order chi connectivity index (χ0) is 28.8. The molecule has 3 aliphatic rings. The standard InChI is InChI=1S/C30H42N8O3/c1-4-5-22(8-11-39)33-26-25-23(34-28(31)35-26)13-32-38(25)15-21-7-6-20(12-24(21)41-3)14-36-16-30(17-36)18-37(19-30)27(40)29(2)9-10-29/h6-7,12-13,22,39H,4-5,8-11,14-19H2,1-3H3,(H3,31,33,34,35)/t22-/m0/s1. The van der Waals surface area contributed by atoms with Gasteiger partial charge in [0.25, 0.3) is 0 Å². The molecule has 1 saturated carbocycles. The number of hydrogen-bond acceptors (Lipinski definition) is 9. The van der Waals surface area contributed by atoms with Crippen molar-refractivity contribution in [2.75, 3.05) is 50.9 Å². The fourth-order valence-corrected chi connectivity index (χ4v) is 6.57. The molecule has 3 aromatic rings. The summed E-state index contributed by atoms with van der Waals surface area (Å²) in [5.74, 6) is 1.99. The van der Waals surface area contributed by atoms with E-state index in [4.69, 9.17) is 10.5 Å². The second-order valence-corrected chi connectivity index (χ2v) is 12.6. The van der Waals surface area contributed by atoms with Gasteiger partial charge >= 0.3 is 0 Å². The largest absolute Gasteiger partial charge is 0.496 e. The van der Waals surface area contributed by atoms with Gasteiger partial charge in [-0.3, -0.25) is 14.4 Å². The lowest BCUT2D eigenvalue weighted by Gasteiger charge is -2.60. The molecule has 1 amide bonds. The van der Waals surface area contributed by atoms with Crippen molar-refractivity contribution in [1.82, 2.24) is 29.5 Å². The molecule has 2 aliphatic heterocycles. The lowest BCUT2D eigenvalue weighted by atomic mass is 9.72. The quantitative estimate of drug-likeness (QED) is 0.305. The summed E-state index contributed by atoms with van der Waals surface area (Å²) in [6.07, 6.45) is 6.31. The van der Waals surface area contributed by atoms with Crippen LogP contribution in [0, 0.1) is 10.8 Å². The number of aliphatic hydroxyl groups is 1. The first-order valence-electron chi connectivity index (χ1n) is 14.8. The molecule has 41 heavy (non-hydrogen) atoms. The van der Waals surface area contributed by atoms with E-state index in [9.17, 15) is 9.90 Å². The van der Waals surface area contributed by atoms with Crippen molar-refractivity contribution >= 4 is 28.7 Å². The molecule has 4 N–H and O–H groups in total. The third kappa shape index (κ3) is 5.44. The average Bonchev–Trinajstić information content (AvgIpc) is 3.53. The lowest BCUT2D eigenvalue weighted by molar-refractivity contribution is -0.164. The molecule has 3 fully saturated rings. The van der Waals surface area contributed by atoms with Gasteiger partial charge in [-0.25, -0.2) is 4.98 Å². The van der Waals surface area contributed by atoms with Crippen LogP contribution < -0.4 is 15.8 Å². The van der Waals surface area contributed by atoms with Crippen LogP contribution >= 0.6 is 0 Å². The normalized spacial score (nSPS) is 19.6. The SMILES string of the molecule is CCC[C@@H](CCO)Nc1nc(N)nc2cnn(Cc3ccc(CN4CC5(C4)CN(C(=O)C4(C)CC4)C5)cc3OC)c12. The monoisotopic (exact) mass is 562 g/mol. The average molecular weight is 563 g/mol. The van der Waals surface area contributed by atoms with Crippen LogP contribution in [0.2, 0.25) is 0 Å². The van der Waals surface area contributed by atoms with Crippen LogP contribution in [-0.2, 0) is 17.9 Å². The van der Waals surface area contributed by atoms with E-state index >= 15 is 0 Å². The van der Waals surface area contributed by atoms with Crippen LogP contribution in [0.1, 0.15) is 57.1 Å². The van der Waals surface area contributed by atoms with Gasteiger partial charge in [-0.2, -0.15) is 10.1 Å². The third-order valence-corrected chi connectivity index (χ3v) is 9.01. The molecule has 1 aliphatic carbocycles. The Hall–Kier alpha value is -3.44. The summed E-state index contributed by atoms with van der Waals surface area (Å²) >= 11 is 0. The molecule has 6 rings (SSSR count). The van der Waals surface area contributed by atoms with E-state index in [-0.39, 0.29) is 29.4 Å². The van der Waals surface area contributed by atoms with Crippen LogP contribution in [0.15, 0.2) is 24.4 Å². The van der Waals surface area contributed by atoms with E-state index in [2.05, 4.69) is 62.2 Å². The maximum atomic E-state index is 12.6. The molecule has 0 radical (unpaired) electrons. The Labute approximate surface area is 241 Å². The number of aliphatic hydroxyl groups excluding tert-OH is 1. The number of nitrogens with two attached hydrogens (primary N) is 1. The Morgan fingerprint density at radius 3 is 2.63 bits per heavy atom. The molecule has 2 saturated heterocycles. The Morgan fingerprint density at radius 2 is 1.95 bits per heavy atom. The zero-order valence-corrected chi connectivity index (χ0v) is 24.4. The summed E-state index contributed by atoms with van der Waals surface area (Å²) in [7, 11) is 1.70. The number of nitrogens with one attached hydrogen (secondary N) is 1. The summed E-state index contributed by atoms with van der Waals surface area (Å²) in [4.78, 5) is 26.0. The van der Waals surface area contributed by atoms with Crippen LogP contribution in [-0.4, -0.2) is 86.5 Å². The number of anilines is 2. The molecular formula is C30H42N8O3. The minimum Gasteiger partial charge on any atom is -0.496 e. The van der Waals surface area contributed by atoms with E-state index < -0.39 is 0 Å². The van der Waals surface area contributed by atoms with Crippen LogP contribution in [0.5, 0.6) is 5.75 Å². The predicted molar refractivity (Wildman–Crippen MR) is 157 cm³/mol. The van der Waals surface area contributed by atoms with E-state index in [1.807, 2.05) is 4.68 Å². The Balaban J connectivity index is 1.12.